The fourth-order valence-electron chi connectivity index (χ4n) is 5.59. The Hall–Kier alpha value is -2.80. The SMILES string of the molecule is CS(=O)(=O)OCC1CCC2=NCN(C(c3ccccc3)(c3ccccc3)c3ccccc3)C2C1. The monoisotopic (exact) mass is 474 g/mol. The number of benzene rings is 3. The first-order valence-electron chi connectivity index (χ1n) is 11.8. The molecule has 0 aromatic heterocycles. The van der Waals surface area contributed by atoms with Crippen molar-refractivity contribution in [1.29, 1.82) is 0 Å². The highest BCUT2D eigenvalue weighted by Gasteiger charge is 2.49. The summed E-state index contributed by atoms with van der Waals surface area (Å²) >= 11 is 0. The molecule has 2 atom stereocenters. The van der Waals surface area contributed by atoms with Crippen LogP contribution in [0.5, 0.6) is 0 Å². The Balaban J connectivity index is 1.63. The second kappa shape index (κ2) is 9.45. The Kier molecular flexibility index (Phi) is 6.38. The van der Waals surface area contributed by atoms with Gasteiger partial charge in [-0.3, -0.25) is 14.1 Å². The van der Waals surface area contributed by atoms with E-state index in [1.54, 1.807) is 0 Å². The van der Waals surface area contributed by atoms with Crippen LogP contribution in [-0.2, 0) is 19.8 Å². The van der Waals surface area contributed by atoms with Gasteiger partial charge in [-0.05, 0) is 41.9 Å². The molecule has 2 aliphatic rings. The number of hydrogen-bond acceptors (Lipinski definition) is 5. The first-order valence-corrected chi connectivity index (χ1v) is 13.6. The van der Waals surface area contributed by atoms with Gasteiger partial charge in [-0.25, -0.2) is 0 Å². The van der Waals surface area contributed by atoms with Crippen molar-refractivity contribution < 1.29 is 12.6 Å². The zero-order valence-electron chi connectivity index (χ0n) is 19.4. The lowest BCUT2D eigenvalue weighted by molar-refractivity contribution is 0.116. The van der Waals surface area contributed by atoms with E-state index in [0.717, 1.165) is 25.5 Å². The molecule has 176 valence electrons. The van der Waals surface area contributed by atoms with Gasteiger partial charge >= 0.3 is 0 Å². The molecular formula is C28H30N2O3S. The Morgan fingerprint density at radius 2 is 1.38 bits per heavy atom. The highest BCUT2D eigenvalue weighted by atomic mass is 32.2. The van der Waals surface area contributed by atoms with Gasteiger partial charge in [0.05, 0.1) is 31.1 Å². The van der Waals surface area contributed by atoms with E-state index >= 15 is 0 Å². The van der Waals surface area contributed by atoms with Crippen LogP contribution in [0.25, 0.3) is 0 Å². The van der Waals surface area contributed by atoms with Gasteiger partial charge in [-0.2, -0.15) is 8.42 Å². The molecule has 1 saturated carbocycles. The molecule has 1 aliphatic carbocycles. The minimum absolute atomic E-state index is 0.113. The summed E-state index contributed by atoms with van der Waals surface area (Å²) in [7, 11) is -3.46. The van der Waals surface area contributed by atoms with Crippen molar-refractivity contribution in [3.63, 3.8) is 0 Å². The summed E-state index contributed by atoms with van der Waals surface area (Å²) in [5.41, 5.74) is 4.26. The van der Waals surface area contributed by atoms with E-state index in [2.05, 4.69) is 95.9 Å². The van der Waals surface area contributed by atoms with E-state index in [0.29, 0.717) is 6.67 Å². The summed E-state index contributed by atoms with van der Waals surface area (Å²) in [6, 6.07) is 32.0. The quantitative estimate of drug-likeness (QED) is 0.363. The molecule has 3 aromatic rings. The maximum atomic E-state index is 11.6. The van der Waals surface area contributed by atoms with Crippen LogP contribution in [0, 0.1) is 5.92 Å². The topological polar surface area (TPSA) is 59.0 Å². The number of nitrogens with zero attached hydrogens (tertiary/aromatic N) is 2. The average molecular weight is 475 g/mol. The smallest absolute Gasteiger partial charge is 0.264 e. The van der Waals surface area contributed by atoms with Crippen molar-refractivity contribution >= 4 is 15.8 Å². The van der Waals surface area contributed by atoms with E-state index in [-0.39, 0.29) is 18.6 Å². The van der Waals surface area contributed by atoms with Crippen LogP contribution in [0.15, 0.2) is 96.0 Å². The molecule has 1 aliphatic heterocycles. The summed E-state index contributed by atoms with van der Waals surface area (Å²) in [6.07, 6.45) is 3.71. The third-order valence-electron chi connectivity index (χ3n) is 7.08. The summed E-state index contributed by atoms with van der Waals surface area (Å²) < 4.78 is 28.5. The number of rotatable bonds is 7. The summed E-state index contributed by atoms with van der Waals surface area (Å²) in [5, 5.41) is 0. The molecule has 5 rings (SSSR count). The first kappa shape index (κ1) is 23.0. The molecule has 5 nitrogen and oxygen atoms in total. The molecule has 2 unspecified atom stereocenters. The summed E-state index contributed by atoms with van der Waals surface area (Å²) in [5.74, 6) is 0.166. The Morgan fingerprint density at radius 1 is 0.882 bits per heavy atom. The number of hydrogen-bond donors (Lipinski definition) is 0. The molecule has 0 amide bonds. The largest absolute Gasteiger partial charge is 0.277 e. The van der Waals surface area contributed by atoms with Crippen LogP contribution >= 0.6 is 0 Å². The van der Waals surface area contributed by atoms with Crippen LogP contribution in [0.3, 0.4) is 0 Å². The van der Waals surface area contributed by atoms with Crippen LogP contribution in [0.2, 0.25) is 0 Å². The number of fused-ring (bicyclic) bond motifs is 1. The predicted octanol–water partition coefficient (Wildman–Crippen LogP) is 4.84. The second-order valence-corrected chi connectivity index (χ2v) is 10.9. The van der Waals surface area contributed by atoms with Crippen molar-refractivity contribution in [3.8, 4) is 0 Å². The van der Waals surface area contributed by atoms with E-state index < -0.39 is 15.7 Å². The maximum absolute atomic E-state index is 11.6. The van der Waals surface area contributed by atoms with Gasteiger partial charge < -0.3 is 0 Å². The fourth-order valence-corrected chi connectivity index (χ4v) is 6.03. The van der Waals surface area contributed by atoms with Gasteiger partial charge in [0, 0.05) is 5.71 Å². The van der Waals surface area contributed by atoms with Crippen LogP contribution in [0.1, 0.15) is 36.0 Å². The molecule has 1 fully saturated rings. The molecule has 6 heteroatoms. The van der Waals surface area contributed by atoms with Gasteiger partial charge in [0.1, 0.15) is 0 Å². The zero-order valence-corrected chi connectivity index (χ0v) is 20.2. The van der Waals surface area contributed by atoms with E-state index in [1.807, 2.05) is 0 Å². The lowest BCUT2D eigenvalue weighted by Crippen LogP contribution is -2.54. The van der Waals surface area contributed by atoms with Gasteiger partial charge in [0.15, 0.2) is 0 Å². The van der Waals surface area contributed by atoms with Gasteiger partial charge in [-0.1, -0.05) is 91.0 Å². The predicted molar refractivity (Wildman–Crippen MR) is 135 cm³/mol. The third-order valence-corrected chi connectivity index (χ3v) is 7.64. The van der Waals surface area contributed by atoms with Crippen molar-refractivity contribution in [2.24, 2.45) is 10.9 Å². The average Bonchev–Trinajstić information content (AvgIpc) is 3.29. The molecular weight excluding hydrogens is 444 g/mol. The highest BCUT2D eigenvalue weighted by Crippen LogP contribution is 2.47. The summed E-state index contributed by atoms with van der Waals surface area (Å²) in [6.45, 7) is 0.823. The number of aliphatic imine (C=N–C) groups is 1. The van der Waals surface area contributed by atoms with E-state index in [1.165, 1.54) is 22.4 Å². The van der Waals surface area contributed by atoms with Crippen molar-refractivity contribution in [2.75, 3.05) is 19.5 Å². The van der Waals surface area contributed by atoms with Gasteiger partial charge in [0.2, 0.25) is 0 Å². The molecule has 0 saturated heterocycles. The molecule has 34 heavy (non-hydrogen) atoms. The van der Waals surface area contributed by atoms with Gasteiger partial charge in [-0.15, -0.1) is 0 Å². The molecule has 1 heterocycles. The Morgan fingerprint density at radius 3 is 1.85 bits per heavy atom. The van der Waals surface area contributed by atoms with Crippen molar-refractivity contribution in [2.45, 2.75) is 30.8 Å². The van der Waals surface area contributed by atoms with E-state index in [4.69, 9.17) is 9.18 Å². The lowest BCUT2D eigenvalue weighted by atomic mass is 9.73. The standard InChI is InChI=1S/C28H30N2O3S/c1-34(31,32)33-20-22-17-18-26-27(19-22)30(21-29-26)28(23-11-5-2-6-12-23,24-13-7-3-8-14-24)25-15-9-4-10-16-25/h2-16,22,27H,17-21H2,1H3. The molecule has 0 spiro atoms. The Labute approximate surface area is 202 Å². The normalized spacial score (nSPS) is 21.1. The minimum atomic E-state index is -3.46. The van der Waals surface area contributed by atoms with Crippen molar-refractivity contribution in [1.82, 2.24) is 4.90 Å². The zero-order chi connectivity index (χ0) is 23.6. The lowest BCUT2D eigenvalue weighted by Gasteiger charge is -2.47. The molecule has 3 aromatic carbocycles. The highest BCUT2D eigenvalue weighted by molar-refractivity contribution is 7.85. The minimum Gasteiger partial charge on any atom is -0.277 e. The Bertz CT molecular complexity index is 1150. The van der Waals surface area contributed by atoms with E-state index in [9.17, 15) is 8.42 Å². The third kappa shape index (κ3) is 4.33. The van der Waals surface area contributed by atoms with Crippen LogP contribution < -0.4 is 0 Å². The fraction of sp³-hybridized carbons (Fsp3) is 0.321. The molecule has 0 bridgehead atoms. The van der Waals surface area contributed by atoms with Crippen LogP contribution in [0.4, 0.5) is 0 Å². The van der Waals surface area contributed by atoms with Crippen LogP contribution in [-0.4, -0.2) is 44.6 Å². The maximum Gasteiger partial charge on any atom is 0.264 e. The second-order valence-electron chi connectivity index (χ2n) is 9.21. The summed E-state index contributed by atoms with van der Waals surface area (Å²) in [4.78, 5) is 7.52. The molecule has 0 N–H and O–H groups in total. The molecule has 0 radical (unpaired) electrons. The van der Waals surface area contributed by atoms with Gasteiger partial charge in [0.25, 0.3) is 10.1 Å². The first-order chi connectivity index (χ1) is 16.5. The van der Waals surface area contributed by atoms with Crippen molar-refractivity contribution in [3.05, 3.63) is 108 Å².